The van der Waals surface area contributed by atoms with E-state index in [0.29, 0.717) is 18.9 Å². The molecule has 1 aromatic heterocycles. The number of likely N-dealkylation sites (tertiary alicyclic amines) is 1. The zero-order valence-electron chi connectivity index (χ0n) is 12.3. The van der Waals surface area contributed by atoms with Gasteiger partial charge < -0.3 is 14.9 Å². The molecule has 0 spiro atoms. The van der Waals surface area contributed by atoms with E-state index >= 15 is 0 Å². The molecule has 0 saturated carbocycles. The second-order valence-electron chi connectivity index (χ2n) is 5.14. The molecule has 1 unspecified atom stereocenters. The summed E-state index contributed by atoms with van der Waals surface area (Å²) in [5.74, 6) is 0.360. The van der Waals surface area contributed by atoms with Crippen LogP contribution in [0.4, 0.5) is 5.82 Å². The van der Waals surface area contributed by atoms with E-state index in [-0.39, 0.29) is 17.8 Å². The van der Waals surface area contributed by atoms with Gasteiger partial charge in [-0.1, -0.05) is 6.42 Å². The van der Waals surface area contributed by atoms with Gasteiger partial charge in [0.1, 0.15) is 18.8 Å². The number of methoxy groups -OCH3 is 1. The summed E-state index contributed by atoms with van der Waals surface area (Å²) in [6.45, 7) is 3.55. The van der Waals surface area contributed by atoms with Gasteiger partial charge in [-0.3, -0.25) is 9.69 Å². The molecule has 21 heavy (non-hydrogen) atoms. The van der Waals surface area contributed by atoms with Gasteiger partial charge in [-0.15, -0.1) is 0 Å². The number of hydrogen-bond acceptors (Lipinski definition) is 6. The zero-order valence-corrected chi connectivity index (χ0v) is 12.3. The number of piperidine rings is 1. The van der Waals surface area contributed by atoms with E-state index < -0.39 is 4.92 Å². The van der Waals surface area contributed by atoms with Crippen molar-refractivity contribution in [2.45, 2.75) is 38.8 Å². The summed E-state index contributed by atoms with van der Waals surface area (Å²) in [6, 6.07) is -0.244. The van der Waals surface area contributed by atoms with E-state index in [1.54, 1.807) is 11.5 Å². The maximum atomic E-state index is 11.8. The van der Waals surface area contributed by atoms with Crippen LogP contribution in [0.15, 0.2) is 6.20 Å². The highest BCUT2D eigenvalue weighted by atomic mass is 16.6. The number of nitrogens with zero attached hydrogens (tertiary/aromatic N) is 4. The van der Waals surface area contributed by atoms with Crippen LogP contribution in [-0.2, 0) is 16.1 Å². The molecule has 8 nitrogen and oxygen atoms in total. The first kappa shape index (κ1) is 15.4. The molecule has 2 heterocycles. The molecule has 1 aliphatic heterocycles. The van der Waals surface area contributed by atoms with Crippen LogP contribution in [0.5, 0.6) is 0 Å². The third kappa shape index (κ3) is 3.38. The van der Waals surface area contributed by atoms with Gasteiger partial charge >= 0.3 is 11.8 Å². The topological polar surface area (TPSA) is 90.5 Å². The number of imidazole rings is 1. The minimum absolute atomic E-state index is 0.0147. The quantitative estimate of drug-likeness (QED) is 0.459. The van der Waals surface area contributed by atoms with Crippen LogP contribution in [0.25, 0.3) is 0 Å². The van der Waals surface area contributed by atoms with Gasteiger partial charge in [0.15, 0.2) is 5.82 Å². The Morgan fingerprint density at radius 1 is 1.52 bits per heavy atom. The van der Waals surface area contributed by atoms with Crippen molar-refractivity contribution in [1.29, 1.82) is 0 Å². The number of aryl methyl sites for hydroxylation is 1. The first-order chi connectivity index (χ1) is 10.0. The SMILES string of the molecule is COC(=O)C1CCCCN1CCn1c([N+](=O)[O-])cnc1C. The van der Waals surface area contributed by atoms with Crippen molar-refractivity contribution in [3.63, 3.8) is 0 Å². The molecule has 0 aromatic carbocycles. The lowest BCUT2D eigenvalue weighted by molar-refractivity contribution is -0.392. The predicted molar refractivity (Wildman–Crippen MR) is 74.8 cm³/mol. The van der Waals surface area contributed by atoms with Crippen molar-refractivity contribution in [3.8, 4) is 0 Å². The van der Waals surface area contributed by atoms with Crippen molar-refractivity contribution >= 4 is 11.8 Å². The number of carbonyl (C=O) groups excluding carboxylic acids is 1. The van der Waals surface area contributed by atoms with Gasteiger partial charge in [0.2, 0.25) is 0 Å². The summed E-state index contributed by atoms with van der Waals surface area (Å²) in [6.07, 6.45) is 4.07. The van der Waals surface area contributed by atoms with Gasteiger partial charge in [-0.25, -0.2) is 9.55 Å². The molecular formula is C13H20N4O4. The lowest BCUT2D eigenvalue weighted by atomic mass is 10.0. The molecule has 2 rings (SSSR count). The lowest BCUT2D eigenvalue weighted by Crippen LogP contribution is -2.46. The van der Waals surface area contributed by atoms with Crippen molar-refractivity contribution < 1.29 is 14.5 Å². The van der Waals surface area contributed by atoms with Gasteiger partial charge in [-0.05, 0) is 24.3 Å². The molecule has 0 amide bonds. The minimum atomic E-state index is -0.437. The highest BCUT2D eigenvalue weighted by Gasteiger charge is 2.30. The summed E-state index contributed by atoms with van der Waals surface area (Å²) in [5, 5.41) is 11.0. The summed E-state index contributed by atoms with van der Waals surface area (Å²) in [4.78, 5) is 28.3. The van der Waals surface area contributed by atoms with Crippen molar-refractivity contribution in [1.82, 2.24) is 14.5 Å². The molecule has 0 aliphatic carbocycles. The zero-order chi connectivity index (χ0) is 15.4. The van der Waals surface area contributed by atoms with Gasteiger partial charge in [0.05, 0.1) is 7.11 Å². The fourth-order valence-electron chi connectivity index (χ4n) is 2.77. The number of nitro groups is 1. The van der Waals surface area contributed by atoms with Crippen LogP contribution in [0.3, 0.4) is 0 Å². The van der Waals surface area contributed by atoms with Crippen LogP contribution in [-0.4, -0.2) is 51.6 Å². The van der Waals surface area contributed by atoms with E-state index in [4.69, 9.17) is 4.74 Å². The van der Waals surface area contributed by atoms with E-state index in [9.17, 15) is 14.9 Å². The number of rotatable bonds is 5. The summed E-state index contributed by atoms with van der Waals surface area (Å²) >= 11 is 0. The normalized spacial score (nSPS) is 19.4. The maximum absolute atomic E-state index is 11.8. The Kier molecular flexibility index (Phi) is 4.89. The second-order valence-corrected chi connectivity index (χ2v) is 5.14. The van der Waals surface area contributed by atoms with Gasteiger partial charge in [0.25, 0.3) is 0 Å². The largest absolute Gasteiger partial charge is 0.468 e. The average molecular weight is 296 g/mol. The smallest absolute Gasteiger partial charge is 0.342 e. The standard InChI is InChI=1S/C13H20N4O4/c1-10-14-9-12(17(19)20)16(10)8-7-15-6-4-3-5-11(15)13(18)21-2/h9,11H,3-8H2,1-2H3. The molecule has 1 aromatic rings. The number of aromatic nitrogens is 2. The van der Waals surface area contributed by atoms with E-state index in [0.717, 1.165) is 25.8 Å². The Balaban J connectivity index is 2.06. The van der Waals surface area contributed by atoms with Crippen molar-refractivity contribution in [2.24, 2.45) is 0 Å². The van der Waals surface area contributed by atoms with Crippen LogP contribution >= 0.6 is 0 Å². The maximum Gasteiger partial charge on any atom is 0.342 e. The molecule has 0 N–H and O–H groups in total. The Hall–Kier alpha value is -1.96. The summed E-state index contributed by atoms with van der Waals surface area (Å²) < 4.78 is 6.41. The number of carbonyl (C=O) groups is 1. The Morgan fingerprint density at radius 3 is 2.95 bits per heavy atom. The third-order valence-electron chi connectivity index (χ3n) is 3.92. The molecule has 116 valence electrons. The monoisotopic (exact) mass is 296 g/mol. The van der Waals surface area contributed by atoms with E-state index in [2.05, 4.69) is 4.98 Å². The first-order valence-electron chi connectivity index (χ1n) is 7.03. The second kappa shape index (κ2) is 6.66. The van der Waals surface area contributed by atoms with Crippen LogP contribution in [0.1, 0.15) is 25.1 Å². The molecule has 1 saturated heterocycles. The van der Waals surface area contributed by atoms with E-state index in [1.165, 1.54) is 13.3 Å². The molecule has 8 heteroatoms. The average Bonchev–Trinajstić information content (AvgIpc) is 2.86. The van der Waals surface area contributed by atoms with Crippen LogP contribution in [0, 0.1) is 17.0 Å². The lowest BCUT2D eigenvalue weighted by Gasteiger charge is -2.33. The highest BCUT2D eigenvalue weighted by molar-refractivity contribution is 5.75. The molecule has 1 fully saturated rings. The van der Waals surface area contributed by atoms with E-state index in [1.807, 2.05) is 4.90 Å². The number of hydrogen-bond donors (Lipinski definition) is 0. The van der Waals surface area contributed by atoms with Crippen molar-refractivity contribution in [2.75, 3.05) is 20.2 Å². The minimum Gasteiger partial charge on any atom is -0.468 e. The third-order valence-corrected chi connectivity index (χ3v) is 3.92. The molecule has 1 aliphatic rings. The fourth-order valence-corrected chi connectivity index (χ4v) is 2.77. The van der Waals surface area contributed by atoms with Crippen LogP contribution in [0.2, 0.25) is 0 Å². The molecule has 0 radical (unpaired) electrons. The predicted octanol–water partition coefficient (Wildman–Crippen LogP) is 1.13. The first-order valence-corrected chi connectivity index (χ1v) is 7.03. The molecule has 1 atom stereocenters. The molecular weight excluding hydrogens is 276 g/mol. The molecule has 0 bridgehead atoms. The Labute approximate surface area is 122 Å². The van der Waals surface area contributed by atoms with Crippen LogP contribution < -0.4 is 0 Å². The van der Waals surface area contributed by atoms with Crippen molar-refractivity contribution in [3.05, 3.63) is 22.1 Å². The number of esters is 1. The Bertz CT molecular complexity index is 528. The van der Waals surface area contributed by atoms with Gasteiger partial charge in [-0.2, -0.15) is 0 Å². The fraction of sp³-hybridized carbons (Fsp3) is 0.692. The number of ether oxygens (including phenoxy) is 1. The van der Waals surface area contributed by atoms with Gasteiger partial charge in [0, 0.05) is 13.5 Å². The summed E-state index contributed by atoms with van der Waals surface area (Å²) in [5.41, 5.74) is 0. The Morgan fingerprint density at radius 2 is 2.29 bits per heavy atom. The highest BCUT2D eigenvalue weighted by Crippen LogP contribution is 2.19. The summed E-state index contributed by atoms with van der Waals surface area (Å²) in [7, 11) is 1.39.